The number of nitrogens with one attached hydrogen (secondary N) is 1. The molecule has 0 bridgehead atoms. The number of benzene rings is 2. The average molecular weight is 388 g/mol. The number of hydrogen-bond acceptors (Lipinski definition) is 6. The molecule has 0 aliphatic rings. The molecule has 3 aromatic rings. The summed E-state index contributed by atoms with van der Waals surface area (Å²) in [5.74, 6) is 1.77. The highest BCUT2D eigenvalue weighted by molar-refractivity contribution is 6.32. The molecule has 1 N–H and O–H groups in total. The first kappa shape index (κ1) is 19.0. The highest BCUT2D eigenvalue weighted by Crippen LogP contribution is 2.37. The van der Waals surface area contributed by atoms with Gasteiger partial charge in [0.05, 0.1) is 11.6 Å². The van der Waals surface area contributed by atoms with Crippen LogP contribution in [0.4, 0.5) is 5.95 Å². The van der Waals surface area contributed by atoms with Crippen molar-refractivity contribution in [3.63, 3.8) is 0 Å². The van der Waals surface area contributed by atoms with Gasteiger partial charge in [0, 0.05) is 13.1 Å². The fourth-order valence-electron chi connectivity index (χ4n) is 2.58. The van der Waals surface area contributed by atoms with E-state index in [4.69, 9.17) is 21.1 Å². The Balaban J connectivity index is 1.75. The van der Waals surface area contributed by atoms with Crippen LogP contribution in [0.3, 0.4) is 0 Å². The monoisotopic (exact) mass is 387 g/mol. The predicted molar refractivity (Wildman–Crippen MR) is 104 cm³/mol. The Bertz CT molecular complexity index is 870. The van der Waals surface area contributed by atoms with Gasteiger partial charge in [-0.15, -0.1) is 0 Å². The molecule has 1 heterocycles. The van der Waals surface area contributed by atoms with Crippen molar-refractivity contribution >= 4 is 17.5 Å². The van der Waals surface area contributed by atoms with E-state index in [-0.39, 0.29) is 0 Å². The van der Waals surface area contributed by atoms with E-state index in [1.165, 1.54) is 0 Å². The van der Waals surface area contributed by atoms with E-state index in [1.54, 1.807) is 4.68 Å². The third kappa shape index (κ3) is 4.89. The fourth-order valence-corrected chi connectivity index (χ4v) is 2.87. The molecule has 2 aromatic carbocycles. The quantitative estimate of drug-likeness (QED) is 0.599. The van der Waals surface area contributed by atoms with Gasteiger partial charge in [-0.1, -0.05) is 47.0 Å². The maximum absolute atomic E-state index is 6.48. The normalized spacial score (nSPS) is 10.6. The van der Waals surface area contributed by atoms with Gasteiger partial charge in [0.2, 0.25) is 5.95 Å². The van der Waals surface area contributed by atoms with Crippen molar-refractivity contribution in [1.82, 2.24) is 20.2 Å². The minimum Gasteiger partial charge on any atom is -0.490 e. The van der Waals surface area contributed by atoms with Gasteiger partial charge >= 0.3 is 0 Å². The minimum absolute atomic E-state index is 0.420. The summed E-state index contributed by atoms with van der Waals surface area (Å²) in [6, 6.07) is 13.7. The zero-order valence-corrected chi connectivity index (χ0v) is 16.1. The number of halogens is 1. The molecule has 8 heteroatoms. The maximum Gasteiger partial charge on any atom is 0.243 e. The summed E-state index contributed by atoms with van der Waals surface area (Å²) in [7, 11) is 0. The van der Waals surface area contributed by atoms with Gasteiger partial charge in [0.1, 0.15) is 6.61 Å². The number of nitrogens with zero attached hydrogens (tertiary/aromatic N) is 4. The topological polar surface area (TPSA) is 74.1 Å². The third-order valence-electron chi connectivity index (χ3n) is 3.88. The molecule has 0 saturated carbocycles. The van der Waals surface area contributed by atoms with Crippen LogP contribution >= 0.6 is 11.6 Å². The molecule has 7 nitrogen and oxygen atoms in total. The van der Waals surface area contributed by atoms with Crippen LogP contribution in [0.5, 0.6) is 11.5 Å². The lowest BCUT2D eigenvalue weighted by Gasteiger charge is -2.16. The van der Waals surface area contributed by atoms with Gasteiger partial charge in [-0.05, 0) is 47.5 Å². The van der Waals surface area contributed by atoms with E-state index >= 15 is 0 Å². The van der Waals surface area contributed by atoms with Crippen molar-refractivity contribution in [2.75, 3.05) is 11.9 Å². The first-order valence-electron chi connectivity index (χ1n) is 8.83. The van der Waals surface area contributed by atoms with Crippen LogP contribution in [0.2, 0.25) is 5.02 Å². The molecule has 0 radical (unpaired) electrons. The predicted octanol–water partition coefficient (Wildman–Crippen LogP) is 3.94. The molecule has 0 saturated heterocycles. The molecular weight excluding hydrogens is 366 g/mol. The van der Waals surface area contributed by atoms with Gasteiger partial charge in [-0.2, -0.15) is 0 Å². The molecule has 142 valence electrons. The Hall–Kier alpha value is -2.80. The second-order valence-electron chi connectivity index (χ2n) is 5.78. The number of rotatable bonds is 9. The van der Waals surface area contributed by atoms with Crippen molar-refractivity contribution in [1.29, 1.82) is 0 Å². The summed E-state index contributed by atoms with van der Waals surface area (Å²) in [4.78, 5) is 0. The Labute approximate surface area is 163 Å². The first-order valence-corrected chi connectivity index (χ1v) is 9.21. The van der Waals surface area contributed by atoms with Crippen LogP contribution < -0.4 is 14.8 Å². The van der Waals surface area contributed by atoms with E-state index in [2.05, 4.69) is 20.8 Å². The molecule has 0 atom stereocenters. The smallest absolute Gasteiger partial charge is 0.243 e. The Morgan fingerprint density at radius 2 is 1.89 bits per heavy atom. The minimum atomic E-state index is 0.420. The standard InChI is InChI=1S/C19H22ClN5O2/c1-3-25-19(22-23-24-25)21-12-15-10-16(20)18(17(11-15)26-4-2)27-13-14-8-6-5-7-9-14/h5-11H,3-4,12-13H2,1-2H3,(H,21,22,24). The van der Waals surface area contributed by atoms with E-state index < -0.39 is 0 Å². The SMILES string of the molecule is CCOc1cc(CNc2nnnn2CC)cc(Cl)c1OCc1ccccc1. The lowest BCUT2D eigenvalue weighted by molar-refractivity contribution is 0.269. The van der Waals surface area contributed by atoms with Crippen LogP contribution in [-0.4, -0.2) is 26.8 Å². The number of hydrogen-bond donors (Lipinski definition) is 1. The van der Waals surface area contributed by atoms with Gasteiger partial charge in [0.25, 0.3) is 0 Å². The molecule has 3 rings (SSSR count). The average Bonchev–Trinajstić information content (AvgIpc) is 3.14. The zero-order valence-electron chi connectivity index (χ0n) is 15.4. The summed E-state index contributed by atoms with van der Waals surface area (Å²) < 4.78 is 13.4. The van der Waals surface area contributed by atoms with Crippen LogP contribution in [0.1, 0.15) is 25.0 Å². The molecule has 27 heavy (non-hydrogen) atoms. The molecule has 0 spiro atoms. The van der Waals surface area contributed by atoms with Crippen molar-refractivity contribution in [2.24, 2.45) is 0 Å². The number of anilines is 1. The summed E-state index contributed by atoms with van der Waals surface area (Å²) in [5.41, 5.74) is 2.01. The highest BCUT2D eigenvalue weighted by Gasteiger charge is 2.14. The number of aromatic nitrogens is 4. The molecule has 0 aliphatic heterocycles. The Kier molecular flexibility index (Phi) is 6.49. The second kappa shape index (κ2) is 9.23. The lowest BCUT2D eigenvalue weighted by Crippen LogP contribution is -2.08. The van der Waals surface area contributed by atoms with Crippen LogP contribution in [0, 0.1) is 0 Å². The number of aryl methyl sites for hydroxylation is 1. The maximum atomic E-state index is 6.48. The highest BCUT2D eigenvalue weighted by atomic mass is 35.5. The third-order valence-corrected chi connectivity index (χ3v) is 4.16. The molecule has 0 amide bonds. The molecule has 0 aliphatic carbocycles. The van der Waals surface area contributed by atoms with E-state index in [0.29, 0.717) is 48.8 Å². The molecular formula is C19H22ClN5O2. The summed E-state index contributed by atoms with van der Waals surface area (Å²) in [6.45, 7) is 6.04. The Morgan fingerprint density at radius 3 is 2.63 bits per heavy atom. The Morgan fingerprint density at radius 1 is 1.07 bits per heavy atom. The van der Waals surface area contributed by atoms with E-state index in [1.807, 2.05) is 56.3 Å². The van der Waals surface area contributed by atoms with Crippen LogP contribution in [-0.2, 0) is 19.7 Å². The van der Waals surface area contributed by atoms with Gasteiger partial charge < -0.3 is 14.8 Å². The summed E-state index contributed by atoms with van der Waals surface area (Å²) in [5, 5.41) is 15.2. The summed E-state index contributed by atoms with van der Waals surface area (Å²) >= 11 is 6.48. The second-order valence-corrected chi connectivity index (χ2v) is 6.19. The zero-order chi connectivity index (χ0) is 19.1. The van der Waals surface area contributed by atoms with Crippen molar-refractivity contribution in [3.05, 3.63) is 58.6 Å². The van der Waals surface area contributed by atoms with E-state index in [9.17, 15) is 0 Å². The first-order chi connectivity index (χ1) is 13.2. The number of ether oxygens (including phenoxy) is 2. The van der Waals surface area contributed by atoms with Gasteiger partial charge in [-0.3, -0.25) is 0 Å². The lowest BCUT2D eigenvalue weighted by atomic mass is 10.2. The van der Waals surface area contributed by atoms with Crippen LogP contribution in [0.15, 0.2) is 42.5 Å². The largest absolute Gasteiger partial charge is 0.490 e. The van der Waals surface area contributed by atoms with Crippen molar-refractivity contribution in [3.8, 4) is 11.5 Å². The molecule has 1 aromatic heterocycles. The van der Waals surface area contributed by atoms with Gasteiger partial charge in [-0.25, -0.2) is 4.68 Å². The van der Waals surface area contributed by atoms with Crippen molar-refractivity contribution in [2.45, 2.75) is 33.5 Å². The van der Waals surface area contributed by atoms with Gasteiger partial charge in [0.15, 0.2) is 11.5 Å². The summed E-state index contributed by atoms with van der Waals surface area (Å²) in [6.07, 6.45) is 0. The van der Waals surface area contributed by atoms with Crippen molar-refractivity contribution < 1.29 is 9.47 Å². The number of tetrazole rings is 1. The molecule has 0 fully saturated rings. The van der Waals surface area contributed by atoms with Crippen LogP contribution in [0.25, 0.3) is 0 Å². The fraction of sp³-hybridized carbons (Fsp3) is 0.316. The van der Waals surface area contributed by atoms with E-state index in [0.717, 1.165) is 11.1 Å². The molecule has 0 unspecified atom stereocenters.